The lowest BCUT2D eigenvalue weighted by Crippen LogP contribution is -2.65. The molecule has 0 bridgehead atoms. The second kappa shape index (κ2) is 7.43. The van der Waals surface area contributed by atoms with Crippen LogP contribution in [0.15, 0.2) is 11.6 Å². The van der Waals surface area contributed by atoms with Crippen molar-refractivity contribution in [3.63, 3.8) is 0 Å². The van der Waals surface area contributed by atoms with Crippen LogP contribution in [0.4, 0.5) is 5.82 Å². The maximum Gasteiger partial charge on any atom is 0.250 e. The van der Waals surface area contributed by atoms with Crippen molar-refractivity contribution in [2.45, 2.75) is 112 Å². The van der Waals surface area contributed by atoms with E-state index in [4.69, 9.17) is 10.8 Å². The Balaban J connectivity index is 1.47. The van der Waals surface area contributed by atoms with E-state index in [9.17, 15) is 10.0 Å². The predicted molar refractivity (Wildman–Crippen MR) is 146 cm³/mol. The molecule has 6 nitrogen and oxygen atoms in total. The molecule has 0 aliphatic heterocycles. The number of nitrogen functional groups attached to an aromatic ring is 1. The molecule has 0 radical (unpaired) electrons. The van der Waals surface area contributed by atoms with Crippen molar-refractivity contribution in [2.75, 3.05) is 5.73 Å². The van der Waals surface area contributed by atoms with Crippen LogP contribution in [-0.4, -0.2) is 21.3 Å². The van der Waals surface area contributed by atoms with Crippen LogP contribution in [0.2, 0.25) is 0 Å². The molecule has 37 heavy (non-hydrogen) atoms. The van der Waals surface area contributed by atoms with Gasteiger partial charge in [0.05, 0.1) is 11.1 Å². The third kappa shape index (κ3) is 2.97. The van der Waals surface area contributed by atoms with E-state index in [2.05, 4.69) is 65.1 Å². The molecular formula is C31H48N4O2. The zero-order valence-electron chi connectivity index (χ0n) is 24.1. The summed E-state index contributed by atoms with van der Waals surface area (Å²) in [6.07, 6.45) is 11.8. The number of allylic oxidation sites excluding steroid dienone is 2. The standard InChI is InChI=1S/C31H48N4O2/c1-26(2)12-14-31(25(36)35-37)15-13-29(6)19(20(31)17-26)8-9-22-28(5)16-18-23(33-34-24(18)32)27(3,4)21(28)10-11-30(22,29)7/h8,20-22,37H,9-17H2,1-7H3,(H,35,36)(H3,32,33,34)/t20-,21-,22?,28-,29+,30+,31-/m0/s1. The number of anilines is 1. The van der Waals surface area contributed by atoms with Crippen LogP contribution in [0, 0.1) is 44.8 Å². The molecule has 6 heteroatoms. The number of H-pyrrole nitrogens is 1. The van der Waals surface area contributed by atoms with Crippen LogP contribution in [0.3, 0.4) is 0 Å². The monoisotopic (exact) mass is 508 g/mol. The Morgan fingerprint density at radius 1 is 1.05 bits per heavy atom. The Labute approximate surface area is 222 Å². The number of hydrogen-bond donors (Lipinski definition) is 4. The minimum absolute atomic E-state index is 0.0169. The lowest BCUT2D eigenvalue weighted by Gasteiger charge is -2.70. The Morgan fingerprint density at radius 3 is 2.46 bits per heavy atom. The van der Waals surface area contributed by atoms with Crippen molar-refractivity contribution >= 4 is 11.7 Å². The van der Waals surface area contributed by atoms with E-state index in [1.165, 1.54) is 29.7 Å². The van der Waals surface area contributed by atoms with Gasteiger partial charge in [-0.15, -0.1) is 0 Å². The second-order valence-electron chi connectivity index (χ2n) is 15.7. The minimum Gasteiger partial charge on any atom is -0.384 e. The SMILES string of the molecule is CC1(C)CC[C@]2(C(=O)NO)CC[C@]3(C)C(=CCC4[C@@]5(C)Cc6c(n[nH]c6N)C(C)(C)[C@@H]5CC[C@]43C)[C@@H]2C1. The minimum atomic E-state index is -0.479. The smallest absolute Gasteiger partial charge is 0.250 e. The van der Waals surface area contributed by atoms with Crippen molar-refractivity contribution in [2.24, 2.45) is 44.8 Å². The van der Waals surface area contributed by atoms with Crippen LogP contribution in [0.1, 0.15) is 111 Å². The fraction of sp³-hybridized carbons (Fsp3) is 0.806. The number of rotatable bonds is 1. The topological polar surface area (TPSA) is 104 Å². The van der Waals surface area contributed by atoms with E-state index >= 15 is 0 Å². The van der Waals surface area contributed by atoms with Gasteiger partial charge in [0.2, 0.25) is 5.91 Å². The molecule has 5 N–H and O–H groups in total. The number of aromatic amines is 1. The Bertz CT molecular complexity index is 1180. The number of carbonyl (C=O) groups is 1. The zero-order valence-corrected chi connectivity index (χ0v) is 24.1. The number of nitrogens with one attached hydrogen (secondary N) is 2. The van der Waals surface area contributed by atoms with Crippen molar-refractivity contribution in [1.29, 1.82) is 0 Å². The molecule has 5 aliphatic carbocycles. The van der Waals surface area contributed by atoms with Crippen molar-refractivity contribution in [3.8, 4) is 0 Å². The third-order valence-corrected chi connectivity index (χ3v) is 13.4. The molecule has 204 valence electrons. The first-order valence-corrected chi connectivity index (χ1v) is 14.6. The first kappa shape index (κ1) is 25.5. The summed E-state index contributed by atoms with van der Waals surface area (Å²) >= 11 is 0. The molecule has 3 saturated carbocycles. The van der Waals surface area contributed by atoms with E-state index in [1.807, 2.05) is 0 Å². The van der Waals surface area contributed by atoms with Gasteiger partial charge in [-0.2, -0.15) is 5.10 Å². The number of hydrogen-bond acceptors (Lipinski definition) is 4. The molecule has 1 aromatic heterocycles. The van der Waals surface area contributed by atoms with Crippen molar-refractivity contribution < 1.29 is 10.0 Å². The molecule has 6 rings (SSSR count). The molecule has 1 aromatic rings. The fourth-order valence-electron chi connectivity index (χ4n) is 11.2. The lowest BCUT2D eigenvalue weighted by atomic mass is 9.33. The van der Waals surface area contributed by atoms with Crippen molar-refractivity contribution in [1.82, 2.24) is 15.7 Å². The van der Waals surface area contributed by atoms with Gasteiger partial charge in [0, 0.05) is 11.0 Å². The van der Waals surface area contributed by atoms with Gasteiger partial charge in [-0.25, -0.2) is 5.48 Å². The molecule has 1 amide bonds. The van der Waals surface area contributed by atoms with Crippen LogP contribution >= 0.6 is 0 Å². The molecule has 3 fully saturated rings. The second-order valence-corrected chi connectivity index (χ2v) is 15.7. The zero-order chi connectivity index (χ0) is 26.8. The first-order valence-electron chi connectivity index (χ1n) is 14.6. The van der Waals surface area contributed by atoms with E-state index in [0.717, 1.165) is 50.8 Å². The molecular weight excluding hydrogens is 460 g/mol. The lowest BCUT2D eigenvalue weighted by molar-refractivity contribution is -0.171. The highest BCUT2D eigenvalue weighted by molar-refractivity contribution is 5.83. The maximum absolute atomic E-state index is 13.3. The van der Waals surface area contributed by atoms with Gasteiger partial charge in [-0.1, -0.05) is 60.1 Å². The van der Waals surface area contributed by atoms with Gasteiger partial charge in [-0.05, 0) is 97.2 Å². The molecule has 0 aromatic carbocycles. The quantitative estimate of drug-likeness (QED) is 0.203. The average Bonchev–Trinajstić information content (AvgIpc) is 3.19. The van der Waals surface area contributed by atoms with Crippen LogP contribution in [0.5, 0.6) is 0 Å². The number of hydroxylamine groups is 1. The highest BCUT2D eigenvalue weighted by Gasteiger charge is 2.69. The maximum atomic E-state index is 13.3. The largest absolute Gasteiger partial charge is 0.384 e. The molecule has 0 spiro atoms. The molecule has 1 heterocycles. The Morgan fingerprint density at radius 2 is 1.76 bits per heavy atom. The Kier molecular flexibility index (Phi) is 5.11. The summed E-state index contributed by atoms with van der Waals surface area (Å²) in [6, 6.07) is 0. The summed E-state index contributed by atoms with van der Waals surface area (Å²) in [7, 11) is 0. The highest BCUT2D eigenvalue weighted by atomic mass is 16.5. The van der Waals surface area contributed by atoms with Crippen molar-refractivity contribution in [3.05, 3.63) is 22.9 Å². The van der Waals surface area contributed by atoms with E-state index in [-0.39, 0.29) is 38.9 Å². The van der Waals surface area contributed by atoms with Gasteiger partial charge in [0.1, 0.15) is 5.82 Å². The average molecular weight is 509 g/mol. The van der Waals surface area contributed by atoms with Gasteiger partial charge in [-0.3, -0.25) is 15.1 Å². The number of amides is 1. The summed E-state index contributed by atoms with van der Waals surface area (Å²) < 4.78 is 0. The number of fused-ring (bicyclic) bond motifs is 8. The molecule has 7 atom stereocenters. The number of nitrogens with two attached hydrogens (primary N) is 1. The number of aromatic nitrogens is 2. The Hall–Kier alpha value is -1.82. The normalized spacial score (nSPS) is 45.3. The summed E-state index contributed by atoms with van der Waals surface area (Å²) in [6.45, 7) is 17.1. The number of nitrogens with zero attached hydrogens (tertiary/aromatic N) is 1. The fourth-order valence-corrected chi connectivity index (χ4v) is 11.2. The van der Waals surface area contributed by atoms with Crippen LogP contribution in [0.25, 0.3) is 0 Å². The number of carbonyl (C=O) groups excluding carboxylic acids is 1. The van der Waals surface area contributed by atoms with Gasteiger partial charge < -0.3 is 5.73 Å². The highest BCUT2D eigenvalue weighted by Crippen LogP contribution is 2.75. The van der Waals surface area contributed by atoms with E-state index in [1.54, 1.807) is 0 Å². The summed E-state index contributed by atoms with van der Waals surface area (Å²) in [5, 5.41) is 17.6. The van der Waals surface area contributed by atoms with Crippen LogP contribution in [-0.2, 0) is 16.6 Å². The molecule has 0 saturated heterocycles. The van der Waals surface area contributed by atoms with Crippen LogP contribution < -0.4 is 11.2 Å². The predicted octanol–water partition coefficient (Wildman–Crippen LogP) is 6.31. The molecule has 5 aliphatic rings. The summed E-state index contributed by atoms with van der Waals surface area (Å²) in [5.41, 5.74) is 12.5. The third-order valence-electron chi connectivity index (χ3n) is 13.4. The van der Waals surface area contributed by atoms with Gasteiger partial charge >= 0.3 is 0 Å². The summed E-state index contributed by atoms with van der Waals surface area (Å²) in [5.74, 6) is 1.89. The summed E-state index contributed by atoms with van der Waals surface area (Å²) in [4.78, 5) is 13.3. The van der Waals surface area contributed by atoms with E-state index < -0.39 is 5.41 Å². The first-order chi connectivity index (χ1) is 17.2. The van der Waals surface area contributed by atoms with Gasteiger partial charge in [0.25, 0.3) is 0 Å². The molecule has 1 unspecified atom stereocenters. The van der Waals surface area contributed by atoms with Gasteiger partial charge in [0.15, 0.2) is 0 Å². The van der Waals surface area contributed by atoms with E-state index in [0.29, 0.717) is 11.8 Å².